The van der Waals surface area contributed by atoms with E-state index in [0.29, 0.717) is 0 Å². The molecule has 0 radical (unpaired) electrons. The van der Waals surface area contributed by atoms with Gasteiger partial charge in [0.1, 0.15) is 0 Å². The van der Waals surface area contributed by atoms with Crippen molar-refractivity contribution in [3.8, 4) is 0 Å². The Morgan fingerprint density at radius 1 is 1.00 bits per heavy atom. The smallest absolute Gasteiger partial charge is 0.254 e. The van der Waals surface area contributed by atoms with Gasteiger partial charge in [-0.3, -0.25) is 9.59 Å². The number of rotatable bonds is 7. The first-order valence-corrected chi connectivity index (χ1v) is 10.3. The van der Waals surface area contributed by atoms with Crippen LogP contribution < -0.4 is 5.32 Å². The maximum atomic E-state index is 12.6. The van der Waals surface area contributed by atoms with Gasteiger partial charge < -0.3 is 10.2 Å². The lowest BCUT2D eigenvalue weighted by atomic mass is 10.1. The Morgan fingerprint density at radius 2 is 1.68 bits per heavy atom. The van der Waals surface area contributed by atoms with Crippen LogP contribution in [0.15, 0.2) is 53.4 Å². The van der Waals surface area contributed by atoms with Gasteiger partial charge in [0.25, 0.3) is 5.91 Å². The van der Waals surface area contributed by atoms with E-state index in [2.05, 4.69) is 5.32 Å². The van der Waals surface area contributed by atoms with Crippen molar-refractivity contribution < 1.29 is 18.0 Å². The largest absolute Gasteiger partial charge is 0.332 e. The zero-order valence-electron chi connectivity index (χ0n) is 16.5. The van der Waals surface area contributed by atoms with E-state index in [1.807, 2.05) is 31.2 Å². The minimum atomic E-state index is -3.65. The second kappa shape index (κ2) is 8.99. The van der Waals surface area contributed by atoms with Gasteiger partial charge in [-0.25, -0.2) is 12.7 Å². The summed E-state index contributed by atoms with van der Waals surface area (Å²) in [7, 11) is 0.704. The summed E-state index contributed by atoms with van der Waals surface area (Å²) < 4.78 is 25.6. The summed E-state index contributed by atoms with van der Waals surface area (Å²) in [5.74, 6) is -0.761. The number of hydrogen-bond acceptors (Lipinski definition) is 4. The van der Waals surface area contributed by atoms with Gasteiger partial charge in [0.2, 0.25) is 15.9 Å². The van der Waals surface area contributed by atoms with Gasteiger partial charge >= 0.3 is 0 Å². The molecule has 0 saturated carbocycles. The summed E-state index contributed by atoms with van der Waals surface area (Å²) in [5.41, 5.74) is 1.92. The summed E-state index contributed by atoms with van der Waals surface area (Å²) in [6.45, 7) is 1.84. The molecule has 0 bridgehead atoms. The fourth-order valence-electron chi connectivity index (χ4n) is 2.65. The van der Waals surface area contributed by atoms with Crippen LogP contribution >= 0.6 is 0 Å². The molecule has 0 aliphatic rings. The van der Waals surface area contributed by atoms with E-state index in [1.165, 1.54) is 50.3 Å². The van der Waals surface area contributed by atoms with Crippen LogP contribution in [0.1, 0.15) is 22.8 Å². The lowest BCUT2D eigenvalue weighted by molar-refractivity contribution is -0.116. The Balaban J connectivity index is 2.11. The van der Waals surface area contributed by atoms with E-state index >= 15 is 0 Å². The van der Waals surface area contributed by atoms with Gasteiger partial charge in [0, 0.05) is 32.4 Å². The van der Waals surface area contributed by atoms with Gasteiger partial charge in [0.15, 0.2) is 0 Å². The van der Waals surface area contributed by atoms with Crippen LogP contribution in [0, 0.1) is 0 Å². The molecule has 2 amide bonds. The molecule has 0 unspecified atom stereocenters. The maximum absolute atomic E-state index is 12.6. The Hall–Kier alpha value is -2.71. The first-order chi connectivity index (χ1) is 13.2. The van der Waals surface area contributed by atoms with Crippen molar-refractivity contribution in [3.63, 3.8) is 0 Å². The Kier molecular flexibility index (Phi) is 6.93. The highest BCUT2D eigenvalue weighted by atomic mass is 32.2. The van der Waals surface area contributed by atoms with Gasteiger partial charge in [0.05, 0.1) is 11.4 Å². The topological polar surface area (TPSA) is 86.8 Å². The fourth-order valence-corrected chi connectivity index (χ4v) is 3.60. The Labute approximate surface area is 166 Å². The molecule has 0 fully saturated rings. The molecule has 0 aliphatic carbocycles. The Morgan fingerprint density at radius 3 is 2.32 bits per heavy atom. The molecule has 150 valence electrons. The quantitative estimate of drug-likeness (QED) is 0.768. The van der Waals surface area contributed by atoms with Crippen LogP contribution in [0.3, 0.4) is 0 Å². The van der Waals surface area contributed by atoms with Gasteiger partial charge in [-0.2, -0.15) is 0 Å². The summed E-state index contributed by atoms with van der Waals surface area (Å²) >= 11 is 0. The molecule has 1 N–H and O–H groups in total. The summed E-state index contributed by atoms with van der Waals surface area (Å²) in [5, 5.41) is 2.81. The number of carbonyl (C=O) groups excluding carboxylic acids is 2. The van der Waals surface area contributed by atoms with Crippen molar-refractivity contribution in [3.05, 3.63) is 59.7 Å². The maximum Gasteiger partial charge on any atom is 0.254 e. The van der Waals surface area contributed by atoms with Crippen molar-refractivity contribution in [2.75, 3.05) is 33.0 Å². The van der Waals surface area contributed by atoms with Crippen molar-refractivity contribution in [2.45, 2.75) is 18.2 Å². The number of nitrogens with zero attached hydrogens (tertiary/aromatic N) is 2. The molecule has 28 heavy (non-hydrogen) atoms. The third kappa shape index (κ3) is 4.96. The van der Waals surface area contributed by atoms with E-state index in [1.54, 1.807) is 0 Å². The zero-order chi connectivity index (χ0) is 20.9. The van der Waals surface area contributed by atoms with Gasteiger partial charge in [-0.15, -0.1) is 0 Å². The minimum absolute atomic E-state index is 0.0260. The van der Waals surface area contributed by atoms with Crippen molar-refractivity contribution in [1.29, 1.82) is 0 Å². The fraction of sp³-hybridized carbons (Fsp3) is 0.300. The van der Waals surface area contributed by atoms with E-state index < -0.39 is 15.9 Å². The predicted molar refractivity (Wildman–Crippen MR) is 109 cm³/mol. The number of hydrogen-bond donors (Lipinski definition) is 1. The molecule has 0 saturated heterocycles. The number of carbonyl (C=O) groups is 2. The zero-order valence-corrected chi connectivity index (χ0v) is 17.3. The molecular weight excluding hydrogens is 378 g/mol. The molecular formula is C20H25N3O4S. The molecule has 0 atom stereocenters. The van der Waals surface area contributed by atoms with E-state index in [4.69, 9.17) is 0 Å². The standard InChI is InChI=1S/C20H25N3O4S/c1-5-15-9-6-7-12-18(15)21-19(24)14-23(4)20(25)16-10-8-11-17(13-16)28(26,27)22(2)3/h6-13H,5,14H2,1-4H3,(H,21,24). The van der Waals surface area contributed by atoms with Crippen LogP contribution in [0.5, 0.6) is 0 Å². The third-order valence-corrected chi connectivity index (χ3v) is 6.07. The number of para-hydroxylation sites is 1. The van der Waals surface area contributed by atoms with Crippen LogP contribution in [0.4, 0.5) is 5.69 Å². The SMILES string of the molecule is CCc1ccccc1NC(=O)CN(C)C(=O)c1cccc(S(=O)(=O)N(C)C)c1. The van der Waals surface area contributed by atoms with Crippen LogP contribution in [-0.4, -0.2) is 57.1 Å². The third-order valence-electron chi connectivity index (χ3n) is 4.26. The highest BCUT2D eigenvalue weighted by Gasteiger charge is 2.21. The van der Waals surface area contributed by atoms with Crippen LogP contribution in [-0.2, 0) is 21.2 Å². The lowest BCUT2D eigenvalue weighted by Crippen LogP contribution is -2.35. The second-order valence-electron chi connectivity index (χ2n) is 6.54. The molecule has 8 heteroatoms. The number of sulfonamides is 1. The normalized spacial score (nSPS) is 11.3. The summed E-state index contributed by atoms with van der Waals surface area (Å²) in [6, 6.07) is 13.3. The van der Waals surface area contributed by atoms with E-state index in [0.717, 1.165) is 22.0 Å². The molecule has 7 nitrogen and oxygen atoms in total. The highest BCUT2D eigenvalue weighted by molar-refractivity contribution is 7.89. The van der Waals surface area contributed by atoms with Crippen molar-refractivity contribution >= 4 is 27.5 Å². The van der Waals surface area contributed by atoms with Crippen molar-refractivity contribution in [2.24, 2.45) is 0 Å². The van der Waals surface area contributed by atoms with Crippen LogP contribution in [0.25, 0.3) is 0 Å². The lowest BCUT2D eigenvalue weighted by Gasteiger charge is -2.18. The van der Waals surface area contributed by atoms with Gasteiger partial charge in [-0.1, -0.05) is 31.2 Å². The number of amides is 2. The molecule has 2 aromatic carbocycles. The molecule has 2 rings (SSSR count). The summed E-state index contributed by atoms with van der Waals surface area (Å²) in [6.07, 6.45) is 0.776. The number of anilines is 1. The second-order valence-corrected chi connectivity index (χ2v) is 8.69. The average Bonchev–Trinajstić information content (AvgIpc) is 2.67. The van der Waals surface area contributed by atoms with Crippen LogP contribution in [0.2, 0.25) is 0 Å². The van der Waals surface area contributed by atoms with Gasteiger partial charge in [-0.05, 0) is 36.2 Å². The molecule has 0 aromatic heterocycles. The minimum Gasteiger partial charge on any atom is -0.332 e. The monoisotopic (exact) mass is 403 g/mol. The van der Waals surface area contributed by atoms with Crippen molar-refractivity contribution in [1.82, 2.24) is 9.21 Å². The Bertz CT molecular complexity index is 971. The number of benzene rings is 2. The first kappa shape index (κ1) is 21.6. The number of nitrogens with one attached hydrogen (secondary N) is 1. The summed E-state index contributed by atoms with van der Waals surface area (Å²) in [4.78, 5) is 26.3. The van der Waals surface area contributed by atoms with E-state index in [9.17, 15) is 18.0 Å². The van der Waals surface area contributed by atoms with E-state index in [-0.39, 0.29) is 22.9 Å². The predicted octanol–water partition coefficient (Wildman–Crippen LogP) is 2.21. The first-order valence-electron chi connectivity index (χ1n) is 8.82. The number of aryl methyl sites for hydroxylation is 1. The highest BCUT2D eigenvalue weighted by Crippen LogP contribution is 2.17. The molecule has 0 heterocycles. The molecule has 2 aromatic rings. The molecule has 0 aliphatic heterocycles. The molecule has 0 spiro atoms. The average molecular weight is 404 g/mol. The number of likely N-dealkylation sites (N-methyl/N-ethyl adjacent to an activating group) is 1.